The molecule has 9 aromatic rings. The van der Waals surface area contributed by atoms with Gasteiger partial charge < -0.3 is 51.7 Å². The number of aromatic hydroxyl groups is 1. The van der Waals surface area contributed by atoms with Gasteiger partial charge in [-0.05, 0) is 68.2 Å². The number of hydrogen-bond donors (Lipinski definition) is 7. The van der Waals surface area contributed by atoms with Crippen LogP contribution in [0.4, 0.5) is 0 Å². The summed E-state index contributed by atoms with van der Waals surface area (Å²) in [7, 11) is 0. The Hall–Kier alpha value is -8.17. The number of benzene rings is 2. The number of aliphatic hydroxyl groups excluding tert-OH is 2. The second-order valence-electron chi connectivity index (χ2n) is 23.6. The van der Waals surface area contributed by atoms with Crippen LogP contribution in [0, 0.1) is 12.8 Å². The van der Waals surface area contributed by atoms with E-state index >= 15 is 4.79 Å². The maximum Gasteiger partial charge on any atom is 0.273 e. The number of aliphatic hydroxyl groups is 2. The molecule has 8 N–H and O–H groups in total. The van der Waals surface area contributed by atoms with E-state index in [1.165, 1.54) is 87.0 Å². The summed E-state index contributed by atoms with van der Waals surface area (Å²) in [5.41, 5.74) is 9.24. The van der Waals surface area contributed by atoms with Crippen LogP contribution in [0.2, 0.25) is 0 Å². The Balaban J connectivity index is 0.856. The summed E-state index contributed by atoms with van der Waals surface area (Å²) in [6, 6.07) is 14.0. The number of amides is 6. The number of primary amides is 1. The highest BCUT2D eigenvalue weighted by Crippen LogP contribution is 2.43. The molecule has 2 aromatic carbocycles. The first-order valence-corrected chi connectivity index (χ1v) is 35.9. The summed E-state index contributed by atoms with van der Waals surface area (Å²) >= 11 is 7.12. The third-order valence-corrected chi connectivity index (χ3v) is 22.8. The molecule has 7 unspecified atom stereocenters. The largest absolute Gasteiger partial charge is 0.508 e. The first-order valence-electron chi connectivity index (χ1n) is 30.7. The molecule has 10 bridgehead atoms. The van der Waals surface area contributed by atoms with Crippen molar-refractivity contribution in [3.63, 3.8) is 0 Å². The smallest absolute Gasteiger partial charge is 0.273 e. The van der Waals surface area contributed by atoms with Crippen LogP contribution >= 0.6 is 68.0 Å². The monoisotopic (exact) mass is 1380 g/mol. The third-order valence-electron chi connectivity index (χ3n) is 17.3. The molecule has 0 aliphatic carbocycles. The number of nitrogens with two attached hydrogens (primary N) is 1. The van der Waals surface area contributed by atoms with E-state index in [2.05, 4.69) is 35.7 Å². The quantitative estimate of drug-likeness (QED) is 0.0658. The number of pyridine rings is 1. The van der Waals surface area contributed by atoms with Crippen LogP contribution in [0.5, 0.6) is 5.75 Å². The highest BCUT2D eigenvalue weighted by Gasteiger charge is 2.46. The van der Waals surface area contributed by atoms with E-state index in [9.17, 15) is 39.3 Å². The molecule has 0 spiro atoms. The van der Waals surface area contributed by atoms with Crippen LogP contribution in [0.15, 0.2) is 93.6 Å². The van der Waals surface area contributed by atoms with Crippen molar-refractivity contribution in [3.8, 4) is 49.1 Å². The van der Waals surface area contributed by atoms with Gasteiger partial charge in [0.15, 0.2) is 0 Å². The molecule has 6 amide bonds. The topological polar surface area (TPSA) is 328 Å². The predicted octanol–water partition coefficient (Wildman–Crippen LogP) is 7.53. The van der Waals surface area contributed by atoms with Crippen molar-refractivity contribution in [1.82, 2.24) is 70.4 Å². The summed E-state index contributed by atoms with van der Waals surface area (Å²) in [6.45, 7) is 10.5. The van der Waals surface area contributed by atoms with Gasteiger partial charge in [-0.3, -0.25) is 33.7 Å². The Kier molecular flexibility index (Phi) is 19.2. The normalized spacial score (nSPS) is 21.3. The van der Waals surface area contributed by atoms with Crippen LogP contribution < -0.4 is 21.7 Å². The van der Waals surface area contributed by atoms with Crippen molar-refractivity contribution in [1.29, 1.82) is 0 Å². The van der Waals surface area contributed by atoms with Crippen molar-refractivity contribution < 1.29 is 44.1 Å². The zero-order valence-corrected chi connectivity index (χ0v) is 55.8. The number of phenols is 1. The minimum atomic E-state index is -1.41. The van der Waals surface area contributed by atoms with Crippen LogP contribution in [0.25, 0.3) is 43.4 Å². The van der Waals surface area contributed by atoms with Crippen LogP contribution in [0.1, 0.15) is 130 Å². The summed E-state index contributed by atoms with van der Waals surface area (Å²) < 4.78 is 0. The average Bonchev–Trinajstić information content (AvgIpc) is 1.62. The Morgan fingerprint density at radius 3 is 2.02 bits per heavy atom. The lowest BCUT2D eigenvalue weighted by Crippen LogP contribution is -2.50. The fourth-order valence-electron chi connectivity index (χ4n) is 12.1. The molecule has 7 aromatic heterocycles. The van der Waals surface area contributed by atoms with E-state index < -0.39 is 71.8 Å². The molecule has 11 heterocycles. The number of hydrogen-bond acceptors (Lipinski definition) is 24. The lowest BCUT2D eigenvalue weighted by Gasteiger charge is -2.36. The average molecular weight is 1380 g/mol. The van der Waals surface area contributed by atoms with Gasteiger partial charge in [0.2, 0.25) is 11.8 Å². The van der Waals surface area contributed by atoms with Crippen LogP contribution in [0.3, 0.4) is 0 Å². The Bertz CT molecular complexity index is 4270. The van der Waals surface area contributed by atoms with Crippen molar-refractivity contribution in [2.75, 3.05) is 58.9 Å². The standard InChI is InChI=1S/C64H65N15O9S6/c1-33-47(81)27-79-52(33)62-72-45(31-93-62)59-69-42(28-90-59)50-38(15-16-39(66-50)58-73-46(32-91-58)63(87)78-23-21-77(22-24-78)20-19-76-17-7-4-8-18-76)57-70-43(29-89-57)54(84)67-40(26-48(65)82)60-75-49(34(2)94-60)56(86)74-51(53(83)36-9-5-3-6-10-36)61-71-44(30-92-61)55(85)68-41(64(79)88)25-35-11-13-37(80)14-12-35/h3,5-6,9-16,28-33,40-41,47,51-53,80-81,83H,4,7-8,17-27H2,1-2H3,(H2,65,82)(H,67,84)(H,68,85)(H,74,86). The van der Waals surface area contributed by atoms with Gasteiger partial charge >= 0.3 is 0 Å². The lowest BCUT2D eigenvalue weighted by atomic mass is 10.00. The van der Waals surface area contributed by atoms with Gasteiger partial charge in [0.25, 0.3) is 23.6 Å². The summed E-state index contributed by atoms with van der Waals surface area (Å²) in [4.78, 5) is 129. The van der Waals surface area contributed by atoms with Gasteiger partial charge in [-0.15, -0.1) is 68.0 Å². The molecule has 4 aliphatic heterocycles. The number of piperidine rings is 1. The summed E-state index contributed by atoms with van der Waals surface area (Å²) in [5.74, 6) is -4.08. The number of likely N-dealkylation sites (tertiary alicyclic amines) is 1. The molecule has 7 atom stereocenters. The van der Waals surface area contributed by atoms with Crippen LogP contribution in [-0.4, -0.2) is 176 Å². The number of aromatic nitrogens is 7. The molecule has 0 saturated carbocycles. The SMILES string of the molecule is Cc1sc2nc1C(=O)NC(C(O)c1ccccc1)c1nc(cs1)C(=O)NC(Cc1ccc(O)cc1)C(=O)N1CC(O)C(C)C1c1nc(cs1)-c1nc(cs1)-c1nc(-c3nc(C(=O)N4CCN(CCN5CCCCC5)CC4)cs3)ccc1-c1nc(cs1)C(=O)NC2CC(N)=O. The van der Waals surface area contributed by atoms with Crippen molar-refractivity contribution in [2.24, 2.45) is 11.7 Å². The number of fused-ring (bicyclic) bond motifs is 16. The first-order chi connectivity index (χ1) is 45.5. The summed E-state index contributed by atoms with van der Waals surface area (Å²) in [5, 5.41) is 53.1. The van der Waals surface area contributed by atoms with Gasteiger partial charge in [-0.2, -0.15) is 0 Å². The fraction of sp³-hybridized carbons (Fsp3) is 0.359. The number of phenolic OH excluding ortho intramolecular Hbond substituents is 1. The molecule has 94 heavy (non-hydrogen) atoms. The van der Waals surface area contributed by atoms with Crippen molar-refractivity contribution in [2.45, 2.75) is 82.3 Å². The lowest BCUT2D eigenvalue weighted by molar-refractivity contribution is -0.134. The molecular formula is C64H65N15O9S6. The molecule has 3 fully saturated rings. The van der Waals surface area contributed by atoms with E-state index in [4.69, 9.17) is 30.7 Å². The maximum atomic E-state index is 15.2. The molecule has 0 radical (unpaired) electrons. The molecule has 4 aliphatic rings. The van der Waals surface area contributed by atoms with Crippen LogP contribution in [-0.2, 0) is 16.0 Å². The Labute approximate surface area is 563 Å². The number of thiazole rings is 6. The van der Waals surface area contributed by atoms with Crippen molar-refractivity contribution >= 4 is 103 Å². The molecule has 486 valence electrons. The Morgan fingerprint density at radius 2 is 1.27 bits per heavy atom. The second-order valence-corrected chi connectivity index (χ2v) is 29.2. The van der Waals surface area contributed by atoms with Gasteiger partial charge in [0.1, 0.15) is 93.8 Å². The van der Waals surface area contributed by atoms with E-state index in [0.29, 0.717) is 83.2 Å². The number of carbonyl (C=O) groups is 6. The molecule has 3 saturated heterocycles. The molecular weight excluding hydrogens is 1320 g/mol. The maximum absolute atomic E-state index is 15.2. The number of nitrogens with one attached hydrogen (secondary N) is 3. The number of carbonyl (C=O) groups excluding carboxylic acids is 6. The molecule has 24 nitrogen and oxygen atoms in total. The van der Waals surface area contributed by atoms with Gasteiger partial charge in [-0.25, -0.2) is 34.9 Å². The van der Waals surface area contributed by atoms with E-state index in [1.807, 2.05) is 28.7 Å². The fourth-order valence-corrected chi connectivity index (χ4v) is 17.4. The number of piperazine rings is 1. The molecule has 13 rings (SSSR count). The summed E-state index contributed by atoms with van der Waals surface area (Å²) in [6.07, 6.45) is 0.997. The highest BCUT2D eigenvalue weighted by atomic mass is 32.1. The van der Waals surface area contributed by atoms with E-state index in [0.717, 1.165) is 61.9 Å². The minimum Gasteiger partial charge on any atom is -0.508 e. The van der Waals surface area contributed by atoms with Gasteiger partial charge in [0, 0.05) is 95.5 Å². The number of rotatable bonds is 11. The van der Waals surface area contributed by atoms with Crippen molar-refractivity contribution in [3.05, 3.63) is 147 Å². The minimum absolute atomic E-state index is 0.000667. The van der Waals surface area contributed by atoms with E-state index in [-0.39, 0.29) is 58.1 Å². The third kappa shape index (κ3) is 14.0. The zero-order valence-electron chi connectivity index (χ0n) is 50.9. The predicted molar refractivity (Wildman–Crippen MR) is 359 cm³/mol. The molecule has 30 heteroatoms. The van der Waals surface area contributed by atoms with Gasteiger partial charge in [-0.1, -0.05) is 55.8 Å². The Morgan fingerprint density at radius 1 is 0.628 bits per heavy atom. The van der Waals surface area contributed by atoms with E-state index in [1.54, 1.807) is 66.2 Å². The first kappa shape index (κ1) is 64.5. The van der Waals surface area contributed by atoms with Gasteiger partial charge in [0.05, 0.1) is 30.3 Å². The number of aryl methyl sites for hydroxylation is 1. The second kappa shape index (κ2) is 28.0. The number of nitrogens with zero attached hydrogens (tertiary/aromatic N) is 11. The zero-order chi connectivity index (χ0) is 65.3. The highest BCUT2D eigenvalue weighted by molar-refractivity contribution is 7.15.